The maximum atomic E-state index is 10.8. The standard InChI is InChI=1S/C8H11N3O2/c1-8(2)6-5(3-9-8)4-10-11(6)7(12)13/h4,9H,3H2,1-2H3,(H,12,13). The summed E-state index contributed by atoms with van der Waals surface area (Å²) >= 11 is 0. The van der Waals surface area contributed by atoms with E-state index in [1.54, 1.807) is 6.20 Å². The van der Waals surface area contributed by atoms with Crippen molar-refractivity contribution in [2.45, 2.75) is 25.9 Å². The van der Waals surface area contributed by atoms with Gasteiger partial charge < -0.3 is 10.4 Å². The molecule has 0 aliphatic carbocycles. The highest BCUT2D eigenvalue weighted by Crippen LogP contribution is 2.29. The van der Waals surface area contributed by atoms with E-state index in [0.29, 0.717) is 6.54 Å². The maximum absolute atomic E-state index is 10.8. The van der Waals surface area contributed by atoms with Gasteiger partial charge in [0.2, 0.25) is 0 Å². The third kappa shape index (κ3) is 1.04. The van der Waals surface area contributed by atoms with Gasteiger partial charge in [0.05, 0.1) is 17.4 Å². The maximum Gasteiger partial charge on any atom is 0.432 e. The first-order chi connectivity index (χ1) is 6.02. The van der Waals surface area contributed by atoms with Crippen molar-refractivity contribution in [2.24, 2.45) is 0 Å². The first kappa shape index (κ1) is 8.25. The minimum Gasteiger partial charge on any atom is -0.463 e. The van der Waals surface area contributed by atoms with Gasteiger partial charge in [0.1, 0.15) is 0 Å². The van der Waals surface area contributed by atoms with Crippen LogP contribution in [0.3, 0.4) is 0 Å². The lowest BCUT2D eigenvalue weighted by Gasteiger charge is -2.19. The molecule has 1 aliphatic rings. The van der Waals surface area contributed by atoms with Crippen molar-refractivity contribution in [1.29, 1.82) is 0 Å². The molecule has 2 heterocycles. The molecule has 1 aromatic heterocycles. The summed E-state index contributed by atoms with van der Waals surface area (Å²) < 4.78 is 1.04. The van der Waals surface area contributed by atoms with E-state index in [4.69, 9.17) is 5.11 Å². The Labute approximate surface area is 75.4 Å². The Balaban J connectivity index is 2.59. The molecule has 0 aromatic carbocycles. The zero-order valence-electron chi connectivity index (χ0n) is 7.53. The fourth-order valence-electron chi connectivity index (χ4n) is 1.72. The van der Waals surface area contributed by atoms with Crippen LogP contribution in [0.4, 0.5) is 4.79 Å². The second-order valence-electron chi connectivity index (χ2n) is 3.69. The molecule has 0 fully saturated rings. The van der Waals surface area contributed by atoms with Crippen molar-refractivity contribution >= 4 is 6.09 Å². The molecular weight excluding hydrogens is 170 g/mol. The molecule has 0 saturated heterocycles. The van der Waals surface area contributed by atoms with Gasteiger partial charge in [0, 0.05) is 12.1 Å². The lowest BCUT2D eigenvalue weighted by molar-refractivity contribution is 0.189. The Morgan fingerprint density at radius 2 is 2.46 bits per heavy atom. The topological polar surface area (TPSA) is 67.2 Å². The van der Waals surface area contributed by atoms with Crippen LogP contribution in [0, 0.1) is 0 Å². The lowest BCUT2D eigenvalue weighted by atomic mass is 10.0. The average molecular weight is 181 g/mol. The van der Waals surface area contributed by atoms with Gasteiger partial charge in [-0.3, -0.25) is 0 Å². The quantitative estimate of drug-likeness (QED) is 0.619. The molecule has 1 aromatic rings. The van der Waals surface area contributed by atoms with Crippen molar-refractivity contribution in [3.63, 3.8) is 0 Å². The van der Waals surface area contributed by atoms with Crippen LogP contribution in [0.25, 0.3) is 0 Å². The number of carboxylic acid groups (broad SMARTS) is 1. The zero-order chi connectivity index (χ0) is 9.64. The van der Waals surface area contributed by atoms with Crippen molar-refractivity contribution in [2.75, 3.05) is 0 Å². The number of aromatic nitrogens is 2. The van der Waals surface area contributed by atoms with E-state index in [1.165, 1.54) is 0 Å². The fourth-order valence-corrected chi connectivity index (χ4v) is 1.72. The second-order valence-corrected chi connectivity index (χ2v) is 3.69. The number of nitrogens with one attached hydrogen (secondary N) is 1. The van der Waals surface area contributed by atoms with Crippen LogP contribution < -0.4 is 5.32 Å². The highest BCUT2D eigenvalue weighted by Gasteiger charge is 2.35. The number of hydrogen-bond donors (Lipinski definition) is 2. The van der Waals surface area contributed by atoms with E-state index < -0.39 is 6.09 Å². The van der Waals surface area contributed by atoms with Crippen LogP contribution in [0.1, 0.15) is 25.1 Å². The summed E-state index contributed by atoms with van der Waals surface area (Å²) in [6, 6.07) is 0. The summed E-state index contributed by atoms with van der Waals surface area (Å²) in [5.74, 6) is 0. The van der Waals surface area contributed by atoms with E-state index in [0.717, 1.165) is 15.9 Å². The molecule has 0 saturated carbocycles. The summed E-state index contributed by atoms with van der Waals surface area (Å²) in [7, 11) is 0. The number of rotatable bonds is 0. The van der Waals surface area contributed by atoms with Gasteiger partial charge in [-0.15, -0.1) is 0 Å². The Morgan fingerprint density at radius 3 is 3.08 bits per heavy atom. The van der Waals surface area contributed by atoms with E-state index >= 15 is 0 Å². The third-order valence-corrected chi connectivity index (χ3v) is 2.34. The van der Waals surface area contributed by atoms with Crippen LogP contribution in [-0.2, 0) is 12.1 Å². The lowest BCUT2D eigenvalue weighted by Crippen LogP contribution is -2.33. The zero-order valence-corrected chi connectivity index (χ0v) is 7.53. The Morgan fingerprint density at radius 1 is 1.77 bits per heavy atom. The van der Waals surface area contributed by atoms with Gasteiger partial charge >= 0.3 is 6.09 Å². The molecule has 13 heavy (non-hydrogen) atoms. The van der Waals surface area contributed by atoms with Crippen LogP contribution >= 0.6 is 0 Å². The van der Waals surface area contributed by atoms with E-state index in [2.05, 4.69) is 10.4 Å². The molecule has 0 amide bonds. The molecule has 70 valence electrons. The highest BCUT2D eigenvalue weighted by atomic mass is 16.4. The summed E-state index contributed by atoms with van der Waals surface area (Å²) in [6.45, 7) is 4.58. The van der Waals surface area contributed by atoms with Gasteiger partial charge in [-0.2, -0.15) is 9.78 Å². The molecule has 0 atom stereocenters. The number of nitrogens with zero attached hydrogens (tertiary/aromatic N) is 2. The summed E-state index contributed by atoms with van der Waals surface area (Å²) in [4.78, 5) is 10.8. The molecule has 2 rings (SSSR count). The number of hydrogen-bond acceptors (Lipinski definition) is 3. The van der Waals surface area contributed by atoms with E-state index in [-0.39, 0.29) is 5.54 Å². The molecule has 5 nitrogen and oxygen atoms in total. The van der Waals surface area contributed by atoms with Crippen LogP contribution in [0.15, 0.2) is 6.20 Å². The third-order valence-electron chi connectivity index (χ3n) is 2.34. The van der Waals surface area contributed by atoms with Gasteiger partial charge in [0.15, 0.2) is 0 Å². The molecule has 0 spiro atoms. The number of fused-ring (bicyclic) bond motifs is 1. The van der Waals surface area contributed by atoms with Crippen molar-refractivity contribution in [3.8, 4) is 0 Å². The molecule has 1 aliphatic heterocycles. The molecule has 0 unspecified atom stereocenters. The van der Waals surface area contributed by atoms with Crippen LogP contribution in [-0.4, -0.2) is 21.0 Å². The number of carbonyl (C=O) groups is 1. The minimum absolute atomic E-state index is 0.301. The first-order valence-electron chi connectivity index (χ1n) is 4.08. The predicted molar refractivity (Wildman–Crippen MR) is 45.5 cm³/mol. The Kier molecular flexibility index (Phi) is 1.47. The molecule has 0 bridgehead atoms. The van der Waals surface area contributed by atoms with E-state index in [9.17, 15) is 4.79 Å². The molecular formula is C8H11N3O2. The Bertz CT molecular complexity index is 367. The largest absolute Gasteiger partial charge is 0.463 e. The predicted octanol–water partition coefficient (Wildman–Crippen LogP) is 0.748. The van der Waals surface area contributed by atoms with Crippen molar-refractivity contribution in [3.05, 3.63) is 17.5 Å². The molecule has 0 radical (unpaired) electrons. The molecule has 2 N–H and O–H groups in total. The summed E-state index contributed by atoms with van der Waals surface area (Å²) in [5, 5.41) is 15.9. The van der Waals surface area contributed by atoms with Gasteiger partial charge in [-0.25, -0.2) is 4.79 Å². The van der Waals surface area contributed by atoms with Crippen LogP contribution in [0.5, 0.6) is 0 Å². The molecule has 5 heteroatoms. The first-order valence-corrected chi connectivity index (χ1v) is 4.08. The summed E-state index contributed by atoms with van der Waals surface area (Å²) in [5.41, 5.74) is 1.41. The van der Waals surface area contributed by atoms with Gasteiger partial charge in [-0.1, -0.05) is 0 Å². The monoisotopic (exact) mass is 181 g/mol. The van der Waals surface area contributed by atoms with Crippen LogP contribution in [0.2, 0.25) is 0 Å². The SMILES string of the molecule is CC1(C)NCc2cnn(C(=O)O)c21. The fraction of sp³-hybridized carbons (Fsp3) is 0.500. The van der Waals surface area contributed by atoms with Crippen molar-refractivity contribution < 1.29 is 9.90 Å². The normalized spacial score (nSPS) is 18.6. The minimum atomic E-state index is -1.03. The second kappa shape index (κ2) is 2.32. The summed E-state index contributed by atoms with van der Waals surface area (Å²) in [6.07, 6.45) is 0.573. The average Bonchev–Trinajstić information content (AvgIpc) is 2.53. The van der Waals surface area contributed by atoms with Gasteiger partial charge in [0.25, 0.3) is 0 Å². The highest BCUT2D eigenvalue weighted by molar-refractivity contribution is 5.69. The van der Waals surface area contributed by atoms with E-state index in [1.807, 2.05) is 13.8 Å². The smallest absolute Gasteiger partial charge is 0.432 e. The Hall–Kier alpha value is -1.36. The van der Waals surface area contributed by atoms with Gasteiger partial charge in [-0.05, 0) is 13.8 Å². The van der Waals surface area contributed by atoms with Crippen molar-refractivity contribution in [1.82, 2.24) is 15.1 Å².